The van der Waals surface area contributed by atoms with E-state index in [0.29, 0.717) is 5.92 Å². The van der Waals surface area contributed by atoms with Crippen molar-refractivity contribution in [3.8, 4) is 19.5 Å². The summed E-state index contributed by atoms with van der Waals surface area (Å²) in [6.07, 6.45) is 13.5. The van der Waals surface area contributed by atoms with Gasteiger partial charge >= 0.3 is 0 Å². The Balaban J connectivity index is 1.83. The van der Waals surface area contributed by atoms with E-state index in [4.69, 9.17) is 0 Å². The molecule has 3 aromatic rings. The van der Waals surface area contributed by atoms with Gasteiger partial charge in [-0.1, -0.05) is 79.1 Å². The fourth-order valence-electron chi connectivity index (χ4n) is 4.67. The molecule has 3 rings (SSSR count). The summed E-state index contributed by atoms with van der Waals surface area (Å²) in [5.41, 5.74) is 2.89. The Morgan fingerprint density at radius 3 is 1.97 bits per heavy atom. The number of unbranched alkanes of at least 4 members (excludes halogenated alkanes) is 2. The summed E-state index contributed by atoms with van der Waals surface area (Å²) in [6, 6.07) is 9.08. The first-order chi connectivity index (χ1) is 16.1. The van der Waals surface area contributed by atoms with Crippen LogP contribution >= 0.6 is 34.0 Å². The second-order valence-corrected chi connectivity index (χ2v) is 12.4. The van der Waals surface area contributed by atoms with E-state index >= 15 is 0 Å². The number of thiophene rings is 3. The summed E-state index contributed by atoms with van der Waals surface area (Å²) in [4.78, 5) is 17.9. The zero-order valence-corrected chi connectivity index (χ0v) is 23.3. The molecule has 0 bridgehead atoms. The lowest BCUT2D eigenvalue weighted by molar-refractivity contribution is 0.112. The Hall–Kier alpha value is -1.23. The van der Waals surface area contributed by atoms with E-state index in [2.05, 4.69) is 57.3 Å². The lowest BCUT2D eigenvalue weighted by Crippen LogP contribution is -2.03. The molecule has 0 saturated carbocycles. The van der Waals surface area contributed by atoms with Crippen LogP contribution in [0.5, 0.6) is 0 Å². The largest absolute Gasteiger partial charge is 0.297 e. The molecule has 0 aromatic carbocycles. The number of carbonyl (C=O) groups excluding carboxylic acids is 1. The molecule has 3 aromatic heterocycles. The van der Waals surface area contributed by atoms with Gasteiger partial charge in [-0.2, -0.15) is 0 Å². The molecule has 0 spiro atoms. The van der Waals surface area contributed by atoms with Gasteiger partial charge in [0, 0.05) is 19.5 Å². The molecular weight excluding hydrogens is 461 g/mol. The fourth-order valence-corrected chi connectivity index (χ4v) is 7.93. The van der Waals surface area contributed by atoms with Crippen LogP contribution in [0, 0.1) is 11.8 Å². The molecule has 0 radical (unpaired) electrons. The van der Waals surface area contributed by atoms with Gasteiger partial charge in [0.15, 0.2) is 6.29 Å². The Morgan fingerprint density at radius 2 is 1.39 bits per heavy atom. The van der Waals surface area contributed by atoms with Gasteiger partial charge in [-0.05, 0) is 65.4 Å². The molecule has 2 atom stereocenters. The lowest BCUT2D eigenvalue weighted by Gasteiger charge is -2.14. The molecule has 0 saturated heterocycles. The van der Waals surface area contributed by atoms with Gasteiger partial charge < -0.3 is 0 Å². The molecule has 0 aliphatic heterocycles. The molecule has 0 aliphatic rings. The molecular formula is C29H40OS3. The number of hydrogen-bond donors (Lipinski definition) is 0. The summed E-state index contributed by atoms with van der Waals surface area (Å²) in [5.74, 6) is 1.49. The highest BCUT2D eigenvalue weighted by Gasteiger charge is 2.19. The Labute approximate surface area is 213 Å². The highest BCUT2D eigenvalue weighted by molar-refractivity contribution is 7.26. The van der Waals surface area contributed by atoms with Crippen LogP contribution in [0.1, 0.15) is 99.9 Å². The quantitative estimate of drug-likeness (QED) is 0.190. The van der Waals surface area contributed by atoms with Crippen molar-refractivity contribution in [2.45, 2.75) is 91.9 Å². The van der Waals surface area contributed by atoms with Gasteiger partial charge in [-0.25, -0.2) is 0 Å². The average Bonchev–Trinajstić information content (AvgIpc) is 3.58. The first-order valence-electron chi connectivity index (χ1n) is 12.9. The fraction of sp³-hybridized carbons (Fsp3) is 0.552. The zero-order valence-electron chi connectivity index (χ0n) is 20.8. The number of hydrogen-bond acceptors (Lipinski definition) is 4. The summed E-state index contributed by atoms with van der Waals surface area (Å²) in [5, 5.41) is 2.26. The van der Waals surface area contributed by atoms with Crippen molar-refractivity contribution in [1.29, 1.82) is 0 Å². The first-order valence-corrected chi connectivity index (χ1v) is 15.4. The number of carbonyl (C=O) groups is 1. The minimum absolute atomic E-state index is 0.704. The Bertz CT molecular complexity index is 977. The van der Waals surface area contributed by atoms with E-state index in [-0.39, 0.29) is 0 Å². The average molecular weight is 501 g/mol. The summed E-state index contributed by atoms with van der Waals surface area (Å²) in [6.45, 7) is 9.20. The maximum atomic E-state index is 11.6. The minimum atomic E-state index is 0.704. The van der Waals surface area contributed by atoms with Crippen LogP contribution < -0.4 is 0 Å². The molecule has 33 heavy (non-hydrogen) atoms. The van der Waals surface area contributed by atoms with Crippen molar-refractivity contribution in [2.24, 2.45) is 11.8 Å². The van der Waals surface area contributed by atoms with E-state index in [1.807, 2.05) is 22.7 Å². The van der Waals surface area contributed by atoms with Gasteiger partial charge in [-0.3, -0.25) is 4.79 Å². The van der Waals surface area contributed by atoms with Gasteiger partial charge in [0.2, 0.25) is 0 Å². The standard InChI is InChI=1S/C29H40OS3/c1-5-9-11-21(7-3)17-23-15-16-31-28(23)26-13-14-27(33-26)29-24(19-25(20-30)32-29)18-22(8-4)12-10-6-2/h13-16,19-22H,5-12,17-18H2,1-4H3. The molecule has 1 nitrogen and oxygen atoms in total. The third-order valence-electron chi connectivity index (χ3n) is 6.85. The third kappa shape index (κ3) is 7.13. The van der Waals surface area contributed by atoms with Crippen molar-refractivity contribution in [3.63, 3.8) is 0 Å². The molecule has 0 N–H and O–H groups in total. The van der Waals surface area contributed by atoms with Crippen molar-refractivity contribution >= 4 is 40.3 Å². The van der Waals surface area contributed by atoms with Crippen LogP contribution in [-0.2, 0) is 12.8 Å². The van der Waals surface area contributed by atoms with E-state index in [1.165, 1.54) is 88.4 Å². The second-order valence-electron chi connectivity index (χ2n) is 9.30. The maximum absolute atomic E-state index is 11.6. The number of rotatable bonds is 15. The van der Waals surface area contributed by atoms with Crippen molar-refractivity contribution in [1.82, 2.24) is 0 Å². The molecule has 3 heterocycles. The molecule has 0 amide bonds. The van der Waals surface area contributed by atoms with Gasteiger partial charge in [0.1, 0.15) is 0 Å². The first kappa shape index (κ1) is 26.4. The van der Waals surface area contributed by atoms with Crippen LogP contribution in [-0.4, -0.2) is 6.29 Å². The van der Waals surface area contributed by atoms with Gasteiger partial charge in [0.25, 0.3) is 0 Å². The van der Waals surface area contributed by atoms with Crippen LogP contribution in [0.2, 0.25) is 0 Å². The molecule has 2 unspecified atom stereocenters. The molecule has 4 heteroatoms. The molecule has 0 aliphatic carbocycles. The summed E-state index contributed by atoms with van der Waals surface area (Å²) in [7, 11) is 0. The normalized spacial score (nSPS) is 13.3. The van der Waals surface area contributed by atoms with Crippen molar-refractivity contribution < 1.29 is 4.79 Å². The minimum Gasteiger partial charge on any atom is -0.297 e. The molecule has 0 fully saturated rings. The van der Waals surface area contributed by atoms with E-state index in [0.717, 1.165) is 23.5 Å². The monoisotopic (exact) mass is 500 g/mol. The van der Waals surface area contributed by atoms with Crippen molar-refractivity contribution in [3.05, 3.63) is 45.6 Å². The van der Waals surface area contributed by atoms with Crippen LogP contribution in [0.25, 0.3) is 19.5 Å². The van der Waals surface area contributed by atoms with Gasteiger partial charge in [-0.15, -0.1) is 34.0 Å². The maximum Gasteiger partial charge on any atom is 0.160 e. The van der Waals surface area contributed by atoms with Crippen LogP contribution in [0.15, 0.2) is 29.6 Å². The van der Waals surface area contributed by atoms with E-state index in [1.54, 1.807) is 11.3 Å². The lowest BCUT2D eigenvalue weighted by atomic mass is 9.92. The Morgan fingerprint density at radius 1 is 0.788 bits per heavy atom. The topological polar surface area (TPSA) is 17.1 Å². The highest BCUT2D eigenvalue weighted by atomic mass is 32.1. The molecule has 180 valence electrons. The predicted octanol–water partition coefficient (Wildman–Crippen LogP) is 10.5. The van der Waals surface area contributed by atoms with E-state index < -0.39 is 0 Å². The Kier molecular flexibility index (Phi) is 10.9. The highest BCUT2D eigenvalue weighted by Crippen LogP contribution is 2.43. The third-order valence-corrected chi connectivity index (χ3v) is 10.4. The van der Waals surface area contributed by atoms with E-state index in [9.17, 15) is 4.79 Å². The van der Waals surface area contributed by atoms with Crippen molar-refractivity contribution in [2.75, 3.05) is 0 Å². The predicted molar refractivity (Wildman–Crippen MR) is 150 cm³/mol. The van der Waals surface area contributed by atoms with Crippen LogP contribution in [0.3, 0.4) is 0 Å². The SMILES string of the molecule is CCCCC(CC)Cc1ccsc1-c1ccc(-c2sc(C=O)cc2CC(CC)CCCC)s1. The summed E-state index contributed by atoms with van der Waals surface area (Å²) < 4.78 is 0. The summed E-state index contributed by atoms with van der Waals surface area (Å²) >= 11 is 5.46. The van der Waals surface area contributed by atoms with Crippen LogP contribution in [0.4, 0.5) is 0 Å². The zero-order chi connectivity index (χ0) is 23.6. The second kappa shape index (κ2) is 13.6. The number of aldehydes is 1. The smallest absolute Gasteiger partial charge is 0.160 e. The van der Waals surface area contributed by atoms with Gasteiger partial charge in [0.05, 0.1) is 4.88 Å².